The topological polar surface area (TPSA) is 76.0 Å². The quantitative estimate of drug-likeness (QED) is 0.365. The average Bonchev–Trinajstić information content (AvgIpc) is 2.83. The van der Waals surface area contributed by atoms with Crippen LogP contribution in [0.2, 0.25) is 0 Å². The average molecular weight is 322 g/mol. The predicted octanol–water partition coefficient (Wildman–Crippen LogP) is 1.90. The Bertz CT molecular complexity index is 410. The van der Waals surface area contributed by atoms with Crippen LogP contribution in [0.25, 0.3) is 0 Å². The van der Waals surface area contributed by atoms with Crippen LogP contribution in [0.4, 0.5) is 0 Å². The Labute approximate surface area is 139 Å². The lowest BCUT2D eigenvalue weighted by molar-refractivity contribution is -0.137. The predicted molar refractivity (Wildman–Crippen MR) is 89.3 cm³/mol. The molecule has 5 nitrogen and oxygen atoms in total. The van der Waals surface area contributed by atoms with E-state index in [1.807, 2.05) is 18.2 Å². The van der Waals surface area contributed by atoms with Crippen molar-refractivity contribution in [3.63, 3.8) is 0 Å². The molecule has 0 heterocycles. The number of carboxylic acids is 1. The largest absolute Gasteiger partial charge is 0.481 e. The van der Waals surface area contributed by atoms with Crippen molar-refractivity contribution in [3.8, 4) is 0 Å². The lowest BCUT2D eigenvalue weighted by atomic mass is 9.88. The number of carboxylic acid groups (broad SMARTS) is 1. The van der Waals surface area contributed by atoms with E-state index in [0.717, 1.165) is 12.8 Å². The molecule has 5 atom stereocenters. The van der Waals surface area contributed by atoms with E-state index in [0.29, 0.717) is 12.8 Å². The monoisotopic (exact) mass is 322 g/mol. The van der Waals surface area contributed by atoms with Gasteiger partial charge in [-0.05, 0) is 25.2 Å². The van der Waals surface area contributed by atoms with E-state index < -0.39 is 18.1 Å². The minimum atomic E-state index is -0.771. The summed E-state index contributed by atoms with van der Waals surface area (Å²) in [6.07, 6.45) is 10.2. The highest BCUT2D eigenvalue weighted by Gasteiger charge is 2.40. The lowest BCUT2D eigenvalue weighted by Crippen LogP contribution is -2.21. The van der Waals surface area contributed by atoms with Crippen LogP contribution in [0, 0.1) is 11.8 Å². The summed E-state index contributed by atoms with van der Waals surface area (Å²) in [5, 5.41) is 18.9. The summed E-state index contributed by atoms with van der Waals surface area (Å²) in [6, 6.07) is -0.461. The van der Waals surface area contributed by atoms with Gasteiger partial charge in [-0.3, -0.25) is 4.79 Å². The van der Waals surface area contributed by atoms with Crippen LogP contribution in [-0.4, -0.2) is 56.5 Å². The molecular formula is C17H27BO5. The zero-order valence-electron chi connectivity index (χ0n) is 13.9. The Kier molecular flexibility index (Phi) is 9.21. The van der Waals surface area contributed by atoms with Gasteiger partial charge in [0.25, 0.3) is 0 Å². The van der Waals surface area contributed by atoms with Crippen LogP contribution in [0.5, 0.6) is 0 Å². The summed E-state index contributed by atoms with van der Waals surface area (Å²) in [5.41, 5.74) is 0. The van der Waals surface area contributed by atoms with E-state index in [2.05, 4.69) is 0 Å². The van der Waals surface area contributed by atoms with E-state index in [9.17, 15) is 9.90 Å². The van der Waals surface area contributed by atoms with Crippen LogP contribution in [-0.2, 0) is 14.3 Å². The molecule has 23 heavy (non-hydrogen) atoms. The van der Waals surface area contributed by atoms with Crippen molar-refractivity contribution >= 4 is 13.8 Å². The normalized spacial score (nSPS) is 29.5. The summed E-state index contributed by atoms with van der Waals surface area (Å²) in [4.78, 5) is 10.4. The molecule has 2 unspecified atom stereocenters. The van der Waals surface area contributed by atoms with Gasteiger partial charge in [0, 0.05) is 39.0 Å². The second-order valence-corrected chi connectivity index (χ2v) is 5.90. The molecule has 0 amide bonds. The second-order valence-electron chi connectivity index (χ2n) is 5.90. The highest BCUT2D eigenvalue weighted by atomic mass is 16.5. The van der Waals surface area contributed by atoms with Gasteiger partial charge in [0.1, 0.15) is 7.85 Å². The van der Waals surface area contributed by atoms with Crippen molar-refractivity contribution in [2.45, 2.75) is 50.3 Å². The Balaban J connectivity index is 2.56. The Hall–Kier alpha value is -1.11. The number of aliphatic carboxylic acids is 1. The van der Waals surface area contributed by atoms with Gasteiger partial charge in [-0.15, -0.1) is 0 Å². The number of carbonyl (C=O) groups is 1. The summed E-state index contributed by atoms with van der Waals surface area (Å²) in [6.45, 7) is 0. The van der Waals surface area contributed by atoms with Crippen molar-refractivity contribution in [3.05, 3.63) is 24.3 Å². The lowest BCUT2D eigenvalue weighted by Gasteiger charge is -2.21. The van der Waals surface area contributed by atoms with E-state index in [1.54, 1.807) is 20.3 Å². The van der Waals surface area contributed by atoms with E-state index in [1.165, 1.54) is 0 Å². The first-order valence-corrected chi connectivity index (χ1v) is 8.04. The molecule has 0 aromatic rings. The van der Waals surface area contributed by atoms with E-state index in [-0.39, 0.29) is 24.4 Å². The molecule has 0 aromatic heterocycles. The maximum absolute atomic E-state index is 10.4. The van der Waals surface area contributed by atoms with Crippen LogP contribution in [0.15, 0.2) is 24.3 Å². The molecule has 2 N–H and O–H groups in total. The van der Waals surface area contributed by atoms with Crippen molar-refractivity contribution in [1.82, 2.24) is 0 Å². The molecule has 1 saturated carbocycles. The standard InChI is InChI=1S/C17H27BO5/c1-22-15-11-14(19)12(13(15)9-10-16(18)23-2)7-5-3-4-6-8-17(20)21/h3,5,9-10,12-16,19H,4,6-8,11H2,1-2H3,(H,20,21)/b5-3-,10-9+/t12-,13-,14?,15-,16?/m1/s1. The van der Waals surface area contributed by atoms with Crippen LogP contribution < -0.4 is 0 Å². The third-order valence-electron chi connectivity index (χ3n) is 4.33. The summed E-state index contributed by atoms with van der Waals surface area (Å²) in [7, 11) is 8.92. The Morgan fingerprint density at radius 1 is 1.39 bits per heavy atom. The first-order valence-electron chi connectivity index (χ1n) is 8.04. The van der Waals surface area contributed by atoms with Crippen LogP contribution in [0.1, 0.15) is 32.1 Å². The number of ether oxygens (including phenoxy) is 2. The number of unbranched alkanes of at least 4 members (excludes halogenated alkanes) is 1. The molecule has 0 aliphatic heterocycles. The van der Waals surface area contributed by atoms with Crippen molar-refractivity contribution in [1.29, 1.82) is 0 Å². The van der Waals surface area contributed by atoms with Crippen molar-refractivity contribution in [2.75, 3.05) is 14.2 Å². The molecule has 128 valence electrons. The van der Waals surface area contributed by atoms with Crippen LogP contribution >= 0.6 is 0 Å². The van der Waals surface area contributed by atoms with Gasteiger partial charge in [0.05, 0.1) is 12.2 Å². The molecule has 0 spiro atoms. The fourth-order valence-corrected chi connectivity index (χ4v) is 3.00. The van der Waals surface area contributed by atoms with E-state index in [4.69, 9.17) is 22.4 Å². The highest BCUT2D eigenvalue weighted by molar-refractivity contribution is 6.12. The minimum Gasteiger partial charge on any atom is -0.481 e. The van der Waals surface area contributed by atoms with Crippen molar-refractivity contribution < 1.29 is 24.5 Å². The SMILES string of the molecule is [B]C(/C=C/[C@H]1[C@H](OC)CC(O)[C@@H]1C/C=C\CCCC(=O)O)OC. The molecule has 1 aliphatic carbocycles. The smallest absolute Gasteiger partial charge is 0.303 e. The number of rotatable bonds is 10. The van der Waals surface area contributed by atoms with Gasteiger partial charge in [-0.2, -0.15) is 0 Å². The fourth-order valence-electron chi connectivity index (χ4n) is 3.00. The van der Waals surface area contributed by atoms with Crippen LogP contribution in [0.3, 0.4) is 0 Å². The molecular weight excluding hydrogens is 295 g/mol. The number of aliphatic hydroxyl groups excluding tert-OH is 1. The van der Waals surface area contributed by atoms with Gasteiger partial charge in [0.2, 0.25) is 0 Å². The van der Waals surface area contributed by atoms with Gasteiger partial charge >= 0.3 is 5.97 Å². The Morgan fingerprint density at radius 2 is 2.13 bits per heavy atom. The minimum absolute atomic E-state index is 0.0317. The fraction of sp³-hybridized carbons (Fsp3) is 0.706. The van der Waals surface area contributed by atoms with Gasteiger partial charge in [-0.25, -0.2) is 0 Å². The maximum atomic E-state index is 10.4. The molecule has 1 rings (SSSR count). The summed E-state index contributed by atoms with van der Waals surface area (Å²) in [5.74, 6) is -0.622. The first kappa shape index (κ1) is 19.9. The zero-order chi connectivity index (χ0) is 17.2. The van der Waals surface area contributed by atoms with Gasteiger partial charge in [0.15, 0.2) is 0 Å². The number of methoxy groups -OCH3 is 2. The summed E-state index contributed by atoms with van der Waals surface area (Å²) < 4.78 is 10.5. The molecule has 1 fully saturated rings. The molecule has 2 radical (unpaired) electrons. The van der Waals surface area contributed by atoms with Crippen molar-refractivity contribution in [2.24, 2.45) is 11.8 Å². The molecule has 6 heteroatoms. The number of allylic oxidation sites excluding steroid dienone is 2. The number of aliphatic hydroxyl groups is 1. The molecule has 0 saturated heterocycles. The Morgan fingerprint density at radius 3 is 2.74 bits per heavy atom. The number of hydrogen-bond acceptors (Lipinski definition) is 4. The molecule has 1 aliphatic rings. The van der Waals surface area contributed by atoms with Gasteiger partial charge < -0.3 is 19.7 Å². The zero-order valence-corrected chi connectivity index (χ0v) is 13.9. The molecule has 0 aromatic carbocycles. The maximum Gasteiger partial charge on any atom is 0.303 e. The third-order valence-corrected chi connectivity index (χ3v) is 4.33. The number of hydrogen-bond donors (Lipinski definition) is 2. The summed E-state index contributed by atoms with van der Waals surface area (Å²) >= 11 is 0. The van der Waals surface area contributed by atoms with Gasteiger partial charge in [-0.1, -0.05) is 24.3 Å². The highest BCUT2D eigenvalue weighted by Crippen LogP contribution is 2.37. The third kappa shape index (κ3) is 6.89. The first-order chi connectivity index (χ1) is 11.0. The molecule has 0 bridgehead atoms. The van der Waals surface area contributed by atoms with E-state index >= 15 is 0 Å². The second kappa shape index (κ2) is 10.6.